The van der Waals surface area contributed by atoms with Gasteiger partial charge in [-0.15, -0.1) is 0 Å². The van der Waals surface area contributed by atoms with Crippen molar-refractivity contribution >= 4 is 0 Å². The fourth-order valence-electron chi connectivity index (χ4n) is 1.09. The average Bonchev–Trinajstić information content (AvgIpc) is 2.36. The Labute approximate surface area is 67.2 Å². The number of aromatic nitrogens is 2. The molecule has 1 atom stereocenters. The van der Waals surface area contributed by atoms with Crippen LogP contribution in [0.3, 0.4) is 0 Å². The number of nitrogens with two attached hydrogens (primary N) is 1. The summed E-state index contributed by atoms with van der Waals surface area (Å²) in [4.78, 5) is 0. The fraction of sp³-hybridized carbons (Fsp3) is 0.625. The van der Waals surface area contributed by atoms with Crippen molar-refractivity contribution < 1.29 is 0 Å². The lowest BCUT2D eigenvalue weighted by Gasteiger charge is -2.04. The van der Waals surface area contributed by atoms with E-state index >= 15 is 0 Å². The van der Waals surface area contributed by atoms with Crippen molar-refractivity contribution in [2.45, 2.75) is 25.8 Å². The lowest BCUT2D eigenvalue weighted by Crippen LogP contribution is -2.10. The van der Waals surface area contributed by atoms with Crippen LogP contribution in [-0.4, -0.2) is 9.78 Å². The molecular formula is C8H15N3. The van der Waals surface area contributed by atoms with Crippen LogP contribution in [0.5, 0.6) is 0 Å². The highest BCUT2D eigenvalue weighted by Crippen LogP contribution is 2.11. The van der Waals surface area contributed by atoms with Gasteiger partial charge in [-0.1, -0.05) is 13.3 Å². The molecule has 0 aliphatic heterocycles. The Kier molecular flexibility index (Phi) is 2.65. The first-order valence-corrected chi connectivity index (χ1v) is 3.99. The second-order valence-electron chi connectivity index (χ2n) is 2.81. The topological polar surface area (TPSA) is 43.8 Å². The van der Waals surface area contributed by atoms with Crippen molar-refractivity contribution in [2.75, 3.05) is 0 Å². The molecule has 0 saturated heterocycles. The Morgan fingerprint density at radius 2 is 2.45 bits per heavy atom. The molecule has 0 aliphatic carbocycles. The van der Waals surface area contributed by atoms with Gasteiger partial charge in [0.25, 0.3) is 0 Å². The molecule has 0 unspecified atom stereocenters. The normalized spacial score (nSPS) is 13.4. The number of hydrogen-bond acceptors (Lipinski definition) is 2. The van der Waals surface area contributed by atoms with E-state index in [1.54, 1.807) is 4.68 Å². The van der Waals surface area contributed by atoms with E-state index in [1.165, 1.54) is 0 Å². The van der Waals surface area contributed by atoms with Gasteiger partial charge < -0.3 is 5.73 Å². The van der Waals surface area contributed by atoms with Gasteiger partial charge in [0, 0.05) is 19.3 Å². The molecule has 2 N–H and O–H groups in total. The van der Waals surface area contributed by atoms with E-state index in [9.17, 15) is 0 Å². The lowest BCUT2D eigenvalue weighted by atomic mass is 10.1. The van der Waals surface area contributed by atoms with E-state index in [4.69, 9.17) is 5.73 Å². The van der Waals surface area contributed by atoms with Crippen LogP contribution in [0.2, 0.25) is 0 Å². The first-order chi connectivity index (χ1) is 5.24. The fourth-order valence-corrected chi connectivity index (χ4v) is 1.09. The Morgan fingerprint density at radius 1 is 1.73 bits per heavy atom. The highest BCUT2D eigenvalue weighted by Gasteiger charge is 2.06. The maximum Gasteiger partial charge on any atom is 0.0791 e. The molecule has 11 heavy (non-hydrogen) atoms. The minimum Gasteiger partial charge on any atom is -0.323 e. The Morgan fingerprint density at radius 3 is 2.91 bits per heavy atom. The van der Waals surface area contributed by atoms with Gasteiger partial charge in [0.05, 0.1) is 5.69 Å². The molecule has 0 aliphatic rings. The predicted molar refractivity (Wildman–Crippen MR) is 45.0 cm³/mol. The van der Waals surface area contributed by atoms with Gasteiger partial charge >= 0.3 is 0 Å². The van der Waals surface area contributed by atoms with Gasteiger partial charge in [0.1, 0.15) is 0 Å². The lowest BCUT2D eigenvalue weighted by molar-refractivity contribution is 0.604. The Hall–Kier alpha value is -0.830. The largest absolute Gasteiger partial charge is 0.323 e. The van der Waals surface area contributed by atoms with Crippen molar-refractivity contribution in [3.8, 4) is 0 Å². The first kappa shape index (κ1) is 8.27. The van der Waals surface area contributed by atoms with E-state index in [0.717, 1.165) is 18.5 Å². The van der Waals surface area contributed by atoms with Crippen molar-refractivity contribution in [1.29, 1.82) is 0 Å². The van der Waals surface area contributed by atoms with Crippen LogP contribution in [0.25, 0.3) is 0 Å². The average molecular weight is 153 g/mol. The van der Waals surface area contributed by atoms with Crippen LogP contribution in [-0.2, 0) is 7.05 Å². The quantitative estimate of drug-likeness (QED) is 0.709. The van der Waals surface area contributed by atoms with Crippen LogP contribution in [0.1, 0.15) is 31.5 Å². The highest BCUT2D eigenvalue weighted by molar-refractivity contribution is 5.03. The number of hydrogen-bond donors (Lipinski definition) is 1. The summed E-state index contributed by atoms with van der Waals surface area (Å²) in [5.41, 5.74) is 6.84. The maximum absolute atomic E-state index is 5.84. The third kappa shape index (κ3) is 2.05. The second-order valence-corrected chi connectivity index (χ2v) is 2.81. The summed E-state index contributed by atoms with van der Waals surface area (Å²) >= 11 is 0. The van der Waals surface area contributed by atoms with E-state index in [-0.39, 0.29) is 6.04 Å². The monoisotopic (exact) mass is 153 g/mol. The Balaban J connectivity index is 2.60. The van der Waals surface area contributed by atoms with Crippen molar-refractivity contribution in [1.82, 2.24) is 9.78 Å². The summed E-state index contributed by atoms with van der Waals surface area (Å²) in [5.74, 6) is 0. The molecular weight excluding hydrogens is 138 g/mol. The zero-order valence-corrected chi connectivity index (χ0v) is 7.12. The molecule has 0 fully saturated rings. The van der Waals surface area contributed by atoms with Crippen LogP contribution in [0, 0.1) is 0 Å². The Bertz CT molecular complexity index is 217. The zero-order chi connectivity index (χ0) is 8.27. The number of nitrogens with zero attached hydrogens (tertiary/aromatic N) is 2. The SMILES string of the molecule is CCC[C@H](N)c1ccn(C)n1. The summed E-state index contributed by atoms with van der Waals surface area (Å²) in [6, 6.07) is 2.08. The van der Waals surface area contributed by atoms with E-state index < -0.39 is 0 Å². The third-order valence-electron chi connectivity index (χ3n) is 1.71. The predicted octanol–water partition coefficient (Wildman–Crippen LogP) is 1.22. The van der Waals surface area contributed by atoms with Crippen LogP contribution >= 0.6 is 0 Å². The molecule has 0 radical (unpaired) electrons. The summed E-state index contributed by atoms with van der Waals surface area (Å²) < 4.78 is 1.78. The highest BCUT2D eigenvalue weighted by atomic mass is 15.3. The van der Waals surface area contributed by atoms with Gasteiger partial charge in [-0.3, -0.25) is 4.68 Å². The molecule has 3 nitrogen and oxygen atoms in total. The number of aryl methyl sites for hydroxylation is 1. The molecule has 62 valence electrons. The van der Waals surface area contributed by atoms with Crippen LogP contribution in [0.15, 0.2) is 12.3 Å². The van der Waals surface area contributed by atoms with Gasteiger partial charge in [0.15, 0.2) is 0 Å². The summed E-state index contributed by atoms with van der Waals surface area (Å²) in [6.07, 6.45) is 4.04. The molecule has 1 heterocycles. The minimum absolute atomic E-state index is 0.112. The minimum atomic E-state index is 0.112. The third-order valence-corrected chi connectivity index (χ3v) is 1.71. The molecule has 0 amide bonds. The smallest absolute Gasteiger partial charge is 0.0791 e. The summed E-state index contributed by atoms with van der Waals surface area (Å²) in [5, 5.41) is 4.22. The van der Waals surface area contributed by atoms with E-state index in [0.29, 0.717) is 0 Å². The van der Waals surface area contributed by atoms with Crippen LogP contribution < -0.4 is 5.73 Å². The summed E-state index contributed by atoms with van der Waals surface area (Å²) in [7, 11) is 1.90. The van der Waals surface area contributed by atoms with E-state index in [1.807, 2.05) is 19.3 Å². The number of rotatable bonds is 3. The molecule has 1 aromatic rings. The zero-order valence-electron chi connectivity index (χ0n) is 7.12. The molecule has 0 aromatic carbocycles. The second kappa shape index (κ2) is 3.53. The maximum atomic E-state index is 5.84. The van der Waals surface area contributed by atoms with Crippen molar-refractivity contribution in [3.05, 3.63) is 18.0 Å². The molecule has 1 rings (SSSR count). The van der Waals surface area contributed by atoms with Crippen LogP contribution in [0.4, 0.5) is 0 Å². The van der Waals surface area contributed by atoms with Gasteiger partial charge in [-0.2, -0.15) is 5.10 Å². The van der Waals surface area contributed by atoms with Crippen molar-refractivity contribution in [3.63, 3.8) is 0 Å². The summed E-state index contributed by atoms with van der Waals surface area (Å²) in [6.45, 7) is 2.13. The molecule has 0 spiro atoms. The first-order valence-electron chi connectivity index (χ1n) is 3.99. The molecule has 0 saturated carbocycles. The van der Waals surface area contributed by atoms with Gasteiger partial charge in [0.2, 0.25) is 0 Å². The molecule has 0 bridgehead atoms. The van der Waals surface area contributed by atoms with Gasteiger partial charge in [-0.05, 0) is 12.5 Å². The standard InChI is InChI=1S/C8H15N3/c1-3-4-7(9)8-5-6-11(2)10-8/h5-7H,3-4,9H2,1-2H3/t7-/m0/s1. The molecule has 1 aromatic heterocycles. The van der Waals surface area contributed by atoms with Crippen molar-refractivity contribution in [2.24, 2.45) is 12.8 Å². The van der Waals surface area contributed by atoms with Gasteiger partial charge in [-0.25, -0.2) is 0 Å². The molecule has 3 heteroatoms. The van der Waals surface area contributed by atoms with E-state index in [2.05, 4.69) is 12.0 Å².